The Bertz CT molecular complexity index is 332. The monoisotopic (exact) mass is 219 g/mol. The molecule has 3 heteroatoms. The second kappa shape index (κ2) is 5.32. The minimum atomic E-state index is 0.946. The van der Waals surface area contributed by atoms with Crippen molar-refractivity contribution in [2.24, 2.45) is 0 Å². The van der Waals surface area contributed by atoms with Crippen LogP contribution in [0.15, 0.2) is 18.2 Å². The summed E-state index contributed by atoms with van der Waals surface area (Å²) in [6.45, 7) is 5.56. The van der Waals surface area contributed by atoms with Crippen LogP contribution in [0.1, 0.15) is 5.56 Å². The molecule has 1 aromatic carbocycles. The first-order valence-corrected chi connectivity index (χ1v) is 5.73. The van der Waals surface area contributed by atoms with Crippen LogP contribution in [-0.4, -0.2) is 50.1 Å². The minimum absolute atomic E-state index is 0.946. The lowest BCUT2D eigenvalue weighted by atomic mass is 10.1. The molecule has 16 heavy (non-hydrogen) atoms. The maximum absolute atomic E-state index is 5.34. The summed E-state index contributed by atoms with van der Waals surface area (Å²) >= 11 is 0. The van der Waals surface area contributed by atoms with E-state index in [9.17, 15) is 0 Å². The highest BCUT2D eigenvalue weighted by Crippen LogP contribution is 2.19. The number of methoxy groups -OCH3 is 1. The summed E-state index contributed by atoms with van der Waals surface area (Å²) in [6.07, 6.45) is 0. The van der Waals surface area contributed by atoms with Crippen LogP contribution in [0.4, 0.5) is 0 Å². The molecule has 1 aliphatic rings. The Balaban J connectivity index is 1.98. The van der Waals surface area contributed by atoms with Crippen LogP contribution in [0.5, 0.6) is 5.75 Å². The maximum Gasteiger partial charge on any atom is 0.123 e. The first-order valence-electron chi connectivity index (χ1n) is 5.73. The van der Waals surface area contributed by atoms with Gasteiger partial charge in [0, 0.05) is 38.3 Å². The van der Waals surface area contributed by atoms with Crippen LogP contribution in [0.2, 0.25) is 0 Å². The summed E-state index contributed by atoms with van der Waals surface area (Å²) in [5.74, 6) is 0.946. The lowest BCUT2D eigenvalue weighted by Crippen LogP contribution is -2.43. The molecule has 0 saturated carbocycles. The van der Waals surface area contributed by atoms with Gasteiger partial charge in [0.05, 0.1) is 7.11 Å². The van der Waals surface area contributed by atoms with Gasteiger partial charge in [-0.2, -0.15) is 0 Å². The number of nitrogens with zero attached hydrogens (tertiary/aromatic N) is 2. The molecule has 0 aromatic heterocycles. The molecule has 1 radical (unpaired) electrons. The van der Waals surface area contributed by atoms with Crippen LogP contribution >= 0.6 is 0 Å². The van der Waals surface area contributed by atoms with Crippen molar-refractivity contribution in [1.82, 2.24) is 9.80 Å². The second-order valence-electron chi connectivity index (χ2n) is 4.32. The number of hydrogen-bond donors (Lipinski definition) is 0. The summed E-state index contributed by atoms with van der Waals surface area (Å²) in [6, 6.07) is 9.00. The van der Waals surface area contributed by atoms with Gasteiger partial charge in [-0.1, -0.05) is 12.1 Å². The zero-order valence-corrected chi connectivity index (χ0v) is 10.1. The van der Waals surface area contributed by atoms with Crippen molar-refractivity contribution in [1.29, 1.82) is 0 Å². The van der Waals surface area contributed by atoms with Crippen LogP contribution in [0.25, 0.3) is 0 Å². The smallest absolute Gasteiger partial charge is 0.123 e. The quantitative estimate of drug-likeness (QED) is 0.761. The average Bonchev–Trinajstić information content (AvgIpc) is 2.33. The minimum Gasteiger partial charge on any atom is -0.496 e. The van der Waals surface area contributed by atoms with Gasteiger partial charge in [0.25, 0.3) is 0 Å². The Morgan fingerprint density at radius 3 is 2.75 bits per heavy atom. The lowest BCUT2D eigenvalue weighted by Gasteiger charge is -2.32. The van der Waals surface area contributed by atoms with Crippen molar-refractivity contribution in [2.75, 3.05) is 40.3 Å². The number of likely N-dealkylation sites (N-methyl/N-ethyl adjacent to an activating group) is 1. The maximum atomic E-state index is 5.34. The summed E-state index contributed by atoms with van der Waals surface area (Å²) in [7, 11) is 3.89. The highest BCUT2D eigenvalue weighted by atomic mass is 16.5. The van der Waals surface area contributed by atoms with Gasteiger partial charge in [-0.15, -0.1) is 0 Å². The fraction of sp³-hybridized carbons (Fsp3) is 0.538. The van der Waals surface area contributed by atoms with Crippen LogP contribution in [-0.2, 0) is 6.54 Å². The van der Waals surface area contributed by atoms with Crippen molar-refractivity contribution in [3.05, 3.63) is 29.8 Å². The fourth-order valence-electron chi connectivity index (χ4n) is 2.01. The van der Waals surface area contributed by atoms with Crippen LogP contribution < -0.4 is 4.74 Å². The molecule has 0 bridgehead atoms. The van der Waals surface area contributed by atoms with Gasteiger partial charge >= 0.3 is 0 Å². The van der Waals surface area contributed by atoms with Gasteiger partial charge in [0.15, 0.2) is 0 Å². The topological polar surface area (TPSA) is 15.7 Å². The van der Waals surface area contributed by atoms with E-state index in [0.29, 0.717) is 0 Å². The Kier molecular flexibility index (Phi) is 3.80. The van der Waals surface area contributed by atoms with E-state index in [0.717, 1.165) is 38.5 Å². The van der Waals surface area contributed by atoms with E-state index in [-0.39, 0.29) is 0 Å². The number of ether oxygens (including phenoxy) is 1. The van der Waals surface area contributed by atoms with Crippen molar-refractivity contribution in [3.63, 3.8) is 0 Å². The number of benzene rings is 1. The van der Waals surface area contributed by atoms with Crippen LogP contribution in [0.3, 0.4) is 0 Å². The molecule has 1 saturated heterocycles. The van der Waals surface area contributed by atoms with E-state index in [1.807, 2.05) is 12.1 Å². The molecular formula is C13H19N2O. The molecule has 1 heterocycles. The van der Waals surface area contributed by atoms with E-state index in [1.54, 1.807) is 7.11 Å². The van der Waals surface area contributed by atoms with Crippen molar-refractivity contribution >= 4 is 0 Å². The Hall–Kier alpha value is -1.06. The molecule has 0 N–H and O–H groups in total. The predicted molar refractivity (Wildman–Crippen MR) is 64.6 cm³/mol. The molecule has 1 aromatic rings. The van der Waals surface area contributed by atoms with Crippen molar-refractivity contribution in [3.8, 4) is 5.75 Å². The molecule has 2 rings (SSSR count). The Morgan fingerprint density at radius 1 is 1.31 bits per heavy atom. The zero-order valence-electron chi connectivity index (χ0n) is 10.1. The molecular weight excluding hydrogens is 200 g/mol. The zero-order chi connectivity index (χ0) is 11.4. The molecule has 0 atom stereocenters. The summed E-state index contributed by atoms with van der Waals surface area (Å²) in [5.41, 5.74) is 1.26. The van der Waals surface area contributed by atoms with E-state index < -0.39 is 0 Å². The SMILES string of the molecule is COc1c[c]ccc1CN1CCN(C)CC1. The van der Waals surface area contributed by atoms with Crippen molar-refractivity contribution < 1.29 is 4.74 Å². The van der Waals surface area contributed by atoms with Crippen molar-refractivity contribution in [2.45, 2.75) is 6.54 Å². The average molecular weight is 219 g/mol. The Labute approximate surface area is 97.6 Å². The van der Waals surface area contributed by atoms with Gasteiger partial charge in [-0.25, -0.2) is 0 Å². The lowest BCUT2D eigenvalue weighted by molar-refractivity contribution is 0.147. The third-order valence-corrected chi connectivity index (χ3v) is 3.12. The van der Waals surface area contributed by atoms with E-state index in [1.165, 1.54) is 5.56 Å². The highest BCUT2D eigenvalue weighted by molar-refractivity contribution is 5.32. The fourth-order valence-corrected chi connectivity index (χ4v) is 2.01. The number of hydrogen-bond acceptors (Lipinski definition) is 3. The normalized spacial score (nSPS) is 18.6. The molecule has 1 fully saturated rings. The summed E-state index contributed by atoms with van der Waals surface area (Å²) in [4.78, 5) is 4.84. The number of piperazine rings is 1. The Morgan fingerprint density at radius 2 is 2.06 bits per heavy atom. The van der Waals surface area contributed by atoms with E-state index in [4.69, 9.17) is 4.74 Å². The molecule has 1 aliphatic heterocycles. The van der Waals surface area contributed by atoms with Gasteiger partial charge in [0.2, 0.25) is 0 Å². The largest absolute Gasteiger partial charge is 0.496 e. The molecule has 3 nitrogen and oxygen atoms in total. The second-order valence-corrected chi connectivity index (χ2v) is 4.32. The molecule has 0 amide bonds. The summed E-state index contributed by atoms with van der Waals surface area (Å²) < 4.78 is 5.34. The molecule has 0 unspecified atom stereocenters. The van der Waals surface area contributed by atoms with E-state index in [2.05, 4.69) is 29.0 Å². The summed E-state index contributed by atoms with van der Waals surface area (Å²) in [5, 5.41) is 0. The van der Waals surface area contributed by atoms with Gasteiger partial charge in [-0.3, -0.25) is 4.90 Å². The third-order valence-electron chi connectivity index (χ3n) is 3.12. The molecule has 0 aliphatic carbocycles. The third kappa shape index (κ3) is 2.74. The van der Waals surface area contributed by atoms with E-state index >= 15 is 0 Å². The first kappa shape index (κ1) is 11.4. The first-order chi connectivity index (χ1) is 7.79. The van der Waals surface area contributed by atoms with Crippen LogP contribution in [0, 0.1) is 6.07 Å². The standard InChI is InChI=1S/C13H19N2O/c1-14-7-9-15(10-8-14)11-12-5-3-4-6-13(12)16-2/h3,5-6H,7-11H2,1-2H3. The molecule has 87 valence electrons. The highest BCUT2D eigenvalue weighted by Gasteiger charge is 2.15. The van der Waals surface area contributed by atoms with Gasteiger partial charge in [-0.05, 0) is 19.2 Å². The number of rotatable bonds is 3. The molecule has 0 spiro atoms. The van der Waals surface area contributed by atoms with Gasteiger partial charge < -0.3 is 9.64 Å². The predicted octanol–water partition coefficient (Wildman–Crippen LogP) is 1.24. The van der Waals surface area contributed by atoms with Gasteiger partial charge in [0.1, 0.15) is 5.75 Å².